The molecule has 0 aliphatic heterocycles. The van der Waals surface area contributed by atoms with Crippen LogP contribution < -0.4 is 0 Å². The van der Waals surface area contributed by atoms with Gasteiger partial charge >= 0.3 is 0 Å². The average Bonchev–Trinajstić information content (AvgIpc) is 2.26. The number of carbonyl (C=O) groups is 1. The van der Waals surface area contributed by atoms with Gasteiger partial charge in [-0.25, -0.2) is 12.8 Å². The normalized spacial score (nSPS) is 10.8. The van der Waals surface area contributed by atoms with Gasteiger partial charge in [0, 0.05) is 23.3 Å². The van der Waals surface area contributed by atoms with Crippen LogP contribution >= 0.6 is 10.7 Å². The Morgan fingerprint density at radius 1 is 1.50 bits per heavy atom. The third kappa shape index (κ3) is 3.45. The molecule has 0 bridgehead atoms. The number of terminal acetylenes is 1. The summed E-state index contributed by atoms with van der Waals surface area (Å²) in [5.74, 6) is 0.789. The monoisotopic (exact) mass is 289 g/mol. The first kappa shape index (κ1) is 14.5. The van der Waals surface area contributed by atoms with Gasteiger partial charge < -0.3 is 4.90 Å². The average molecular weight is 290 g/mol. The lowest BCUT2D eigenvalue weighted by molar-refractivity contribution is 0.0812. The van der Waals surface area contributed by atoms with Gasteiger partial charge in [0.2, 0.25) is 0 Å². The van der Waals surface area contributed by atoms with Crippen LogP contribution in [0.4, 0.5) is 4.39 Å². The molecule has 0 fully saturated rings. The number of nitrogens with zero attached hydrogens (tertiary/aromatic N) is 1. The first-order chi connectivity index (χ1) is 8.25. The summed E-state index contributed by atoms with van der Waals surface area (Å²) in [6.45, 7) is 0.0261. The summed E-state index contributed by atoms with van der Waals surface area (Å²) in [5, 5.41) is 0. The SMILES string of the molecule is C#CCN(C)C(=O)c1cc(F)cc(S(=O)(=O)Cl)c1. The zero-order valence-corrected chi connectivity index (χ0v) is 10.9. The van der Waals surface area contributed by atoms with Crippen molar-refractivity contribution in [2.45, 2.75) is 4.90 Å². The predicted molar refractivity (Wildman–Crippen MR) is 65.2 cm³/mol. The summed E-state index contributed by atoms with van der Waals surface area (Å²) in [5.41, 5.74) is -0.132. The minimum atomic E-state index is -4.10. The molecule has 7 heteroatoms. The van der Waals surface area contributed by atoms with Gasteiger partial charge in [-0.3, -0.25) is 4.79 Å². The summed E-state index contributed by atoms with van der Waals surface area (Å²) >= 11 is 0. The van der Waals surface area contributed by atoms with Crippen LogP contribution in [0, 0.1) is 18.2 Å². The first-order valence-electron chi connectivity index (χ1n) is 4.70. The highest BCUT2D eigenvalue weighted by atomic mass is 35.7. The molecule has 1 aromatic rings. The van der Waals surface area contributed by atoms with E-state index in [1.54, 1.807) is 0 Å². The molecule has 1 rings (SSSR count). The fourth-order valence-electron chi connectivity index (χ4n) is 1.26. The Morgan fingerprint density at radius 3 is 2.61 bits per heavy atom. The van der Waals surface area contributed by atoms with E-state index in [1.807, 2.05) is 0 Å². The zero-order valence-electron chi connectivity index (χ0n) is 9.35. The van der Waals surface area contributed by atoms with Crippen LogP contribution in [0.3, 0.4) is 0 Å². The van der Waals surface area contributed by atoms with E-state index in [9.17, 15) is 17.6 Å². The molecule has 0 saturated heterocycles. The number of benzene rings is 1. The highest BCUT2D eigenvalue weighted by molar-refractivity contribution is 8.13. The van der Waals surface area contributed by atoms with E-state index in [0.717, 1.165) is 23.1 Å². The predicted octanol–water partition coefficient (Wildman–Crippen LogP) is 1.46. The van der Waals surface area contributed by atoms with Crippen molar-refractivity contribution in [1.82, 2.24) is 4.90 Å². The van der Waals surface area contributed by atoms with Crippen molar-refractivity contribution >= 4 is 25.6 Å². The van der Waals surface area contributed by atoms with E-state index < -0.39 is 25.7 Å². The van der Waals surface area contributed by atoms with Crippen molar-refractivity contribution in [1.29, 1.82) is 0 Å². The van der Waals surface area contributed by atoms with Crippen molar-refractivity contribution in [3.63, 3.8) is 0 Å². The summed E-state index contributed by atoms with van der Waals surface area (Å²) in [7, 11) is 2.42. The van der Waals surface area contributed by atoms with Gasteiger partial charge in [-0.2, -0.15) is 0 Å². The molecule has 0 N–H and O–H groups in total. The molecule has 0 heterocycles. The van der Waals surface area contributed by atoms with Crippen LogP contribution in [0.25, 0.3) is 0 Å². The zero-order chi connectivity index (χ0) is 13.9. The minimum absolute atomic E-state index is 0.0261. The maximum atomic E-state index is 13.2. The summed E-state index contributed by atoms with van der Waals surface area (Å²) in [4.78, 5) is 12.5. The fourth-order valence-corrected chi connectivity index (χ4v) is 2.04. The number of halogens is 2. The third-order valence-corrected chi connectivity index (χ3v) is 3.41. The molecule has 4 nitrogen and oxygen atoms in total. The lowest BCUT2D eigenvalue weighted by Gasteiger charge is -2.14. The Morgan fingerprint density at radius 2 is 2.11 bits per heavy atom. The van der Waals surface area contributed by atoms with Crippen LogP contribution in [-0.2, 0) is 9.05 Å². The molecule has 0 saturated carbocycles. The van der Waals surface area contributed by atoms with E-state index in [2.05, 4.69) is 5.92 Å². The Kier molecular flexibility index (Phi) is 4.33. The van der Waals surface area contributed by atoms with Crippen LogP contribution in [0.1, 0.15) is 10.4 Å². The molecule has 0 spiro atoms. The van der Waals surface area contributed by atoms with E-state index in [0.29, 0.717) is 0 Å². The lowest BCUT2D eigenvalue weighted by Crippen LogP contribution is -2.27. The second kappa shape index (κ2) is 5.38. The highest BCUT2D eigenvalue weighted by Gasteiger charge is 2.17. The Bertz CT molecular complexity index is 622. The Labute approximate surface area is 109 Å². The number of hydrogen-bond acceptors (Lipinski definition) is 3. The largest absolute Gasteiger partial charge is 0.331 e. The molecular weight excluding hydrogens is 281 g/mol. The molecule has 1 amide bonds. The van der Waals surface area contributed by atoms with E-state index in [1.165, 1.54) is 7.05 Å². The second-order valence-corrected chi connectivity index (χ2v) is 6.04. The molecule has 18 heavy (non-hydrogen) atoms. The quantitative estimate of drug-likeness (QED) is 0.625. The molecule has 1 aromatic carbocycles. The van der Waals surface area contributed by atoms with Crippen LogP contribution in [-0.4, -0.2) is 32.8 Å². The van der Waals surface area contributed by atoms with Crippen LogP contribution in [0.15, 0.2) is 23.1 Å². The van der Waals surface area contributed by atoms with Crippen molar-refractivity contribution < 1.29 is 17.6 Å². The van der Waals surface area contributed by atoms with E-state index in [-0.39, 0.29) is 12.1 Å². The fraction of sp³-hybridized carbons (Fsp3) is 0.182. The lowest BCUT2D eigenvalue weighted by atomic mass is 10.2. The van der Waals surface area contributed by atoms with Crippen LogP contribution in [0.5, 0.6) is 0 Å². The van der Waals surface area contributed by atoms with Crippen molar-refractivity contribution in [3.05, 3.63) is 29.6 Å². The van der Waals surface area contributed by atoms with Gasteiger partial charge in [0.25, 0.3) is 15.0 Å². The van der Waals surface area contributed by atoms with E-state index in [4.69, 9.17) is 17.1 Å². The van der Waals surface area contributed by atoms with Gasteiger partial charge in [-0.15, -0.1) is 6.42 Å². The standard InChI is InChI=1S/C11H9ClFNO3S/c1-3-4-14(2)11(15)8-5-9(13)7-10(6-8)18(12,16)17/h1,5-7H,4H2,2H3. The topological polar surface area (TPSA) is 54.5 Å². The molecule has 0 aliphatic carbocycles. The van der Waals surface area contributed by atoms with Crippen LogP contribution in [0.2, 0.25) is 0 Å². The van der Waals surface area contributed by atoms with Crippen molar-refractivity contribution in [2.24, 2.45) is 0 Å². The molecule has 0 radical (unpaired) electrons. The Balaban J connectivity index is 3.24. The number of amides is 1. The van der Waals surface area contributed by atoms with Gasteiger partial charge in [0.1, 0.15) is 5.82 Å². The van der Waals surface area contributed by atoms with E-state index >= 15 is 0 Å². The van der Waals surface area contributed by atoms with Crippen molar-refractivity contribution in [3.8, 4) is 12.3 Å². The summed E-state index contributed by atoms with van der Waals surface area (Å²) in [6, 6.07) is 2.65. The molecule has 0 unspecified atom stereocenters. The number of hydrogen-bond donors (Lipinski definition) is 0. The molecule has 0 aromatic heterocycles. The molecule has 0 aliphatic rings. The van der Waals surface area contributed by atoms with Gasteiger partial charge in [0.05, 0.1) is 11.4 Å². The number of rotatable bonds is 3. The second-order valence-electron chi connectivity index (χ2n) is 3.48. The first-order valence-corrected chi connectivity index (χ1v) is 7.01. The van der Waals surface area contributed by atoms with Crippen molar-refractivity contribution in [2.75, 3.05) is 13.6 Å². The maximum absolute atomic E-state index is 13.2. The number of carbonyl (C=O) groups excluding carboxylic acids is 1. The molecular formula is C11H9ClFNO3S. The molecule has 96 valence electrons. The van der Waals surface area contributed by atoms with Gasteiger partial charge in [-0.05, 0) is 18.2 Å². The summed E-state index contributed by atoms with van der Waals surface area (Å²) in [6.07, 6.45) is 5.04. The highest BCUT2D eigenvalue weighted by Crippen LogP contribution is 2.19. The van der Waals surface area contributed by atoms with Gasteiger partial charge in [-0.1, -0.05) is 5.92 Å². The Hall–Kier alpha value is -1.58. The summed E-state index contributed by atoms with van der Waals surface area (Å²) < 4.78 is 35.4. The third-order valence-electron chi connectivity index (χ3n) is 2.07. The maximum Gasteiger partial charge on any atom is 0.261 e. The molecule has 0 atom stereocenters. The van der Waals surface area contributed by atoms with Gasteiger partial charge in [0.15, 0.2) is 0 Å². The minimum Gasteiger partial charge on any atom is -0.331 e. The smallest absolute Gasteiger partial charge is 0.261 e.